The molecule has 2 amide bonds. The number of benzene rings is 2. The summed E-state index contributed by atoms with van der Waals surface area (Å²) in [4.78, 5) is 30.5. The molecule has 43 heavy (non-hydrogen) atoms. The molecule has 226 valence electrons. The maximum absolute atomic E-state index is 15.1. The highest BCUT2D eigenvalue weighted by molar-refractivity contribution is 8.76. The number of hydrogen-bond donors (Lipinski definition) is 3. The third-order valence-corrected chi connectivity index (χ3v) is 9.39. The molecule has 0 saturated heterocycles. The summed E-state index contributed by atoms with van der Waals surface area (Å²) in [6.07, 6.45) is 1.81. The Morgan fingerprint density at radius 1 is 1.19 bits per heavy atom. The van der Waals surface area contributed by atoms with Crippen LogP contribution in [0.2, 0.25) is 0 Å². The van der Waals surface area contributed by atoms with Crippen LogP contribution in [0.1, 0.15) is 47.9 Å². The minimum atomic E-state index is -0.547. The Kier molecular flexibility index (Phi) is 10.3. The van der Waals surface area contributed by atoms with Crippen molar-refractivity contribution in [3.05, 3.63) is 83.3 Å². The van der Waals surface area contributed by atoms with E-state index in [0.29, 0.717) is 36.2 Å². The Balaban J connectivity index is 1.49. The normalized spacial score (nSPS) is 13.6. The van der Waals surface area contributed by atoms with Gasteiger partial charge in [-0.25, -0.2) is 14.2 Å². The van der Waals surface area contributed by atoms with E-state index in [0.717, 1.165) is 39.3 Å². The van der Waals surface area contributed by atoms with E-state index in [2.05, 4.69) is 46.9 Å². The smallest absolute Gasteiger partial charge is 0.408 e. The van der Waals surface area contributed by atoms with Crippen LogP contribution in [0.25, 0.3) is 22.2 Å². The number of rotatable bonds is 12. The van der Waals surface area contributed by atoms with E-state index >= 15 is 4.39 Å². The van der Waals surface area contributed by atoms with Gasteiger partial charge in [-0.3, -0.25) is 4.79 Å². The van der Waals surface area contributed by atoms with Crippen LogP contribution in [0, 0.1) is 11.7 Å². The fourth-order valence-electron chi connectivity index (χ4n) is 5.44. The van der Waals surface area contributed by atoms with Crippen molar-refractivity contribution in [1.29, 1.82) is 0 Å². The van der Waals surface area contributed by atoms with Crippen molar-refractivity contribution in [2.75, 3.05) is 26.0 Å². The van der Waals surface area contributed by atoms with E-state index in [1.807, 2.05) is 41.9 Å². The van der Waals surface area contributed by atoms with Gasteiger partial charge in [0.2, 0.25) is 0 Å². The Hall–Kier alpha value is -3.54. The topological polar surface area (TPSA) is 97.3 Å². The van der Waals surface area contributed by atoms with E-state index in [9.17, 15) is 9.59 Å². The lowest BCUT2D eigenvalue weighted by molar-refractivity contribution is 0.0956. The first kappa shape index (κ1) is 30.9. The first-order valence-electron chi connectivity index (χ1n) is 14.4. The minimum Gasteiger partial charge on any atom is -0.449 e. The zero-order chi connectivity index (χ0) is 30.3. The van der Waals surface area contributed by atoms with Crippen LogP contribution in [0.15, 0.2) is 65.8 Å². The first-order chi connectivity index (χ1) is 20.9. The van der Waals surface area contributed by atoms with Crippen LogP contribution < -0.4 is 16.0 Å². The lowest BCUT2D eigenvalue weighted by Crippen LogP contribution is -2.34. The fourth-order valence-corrected chi connectivity index (χ4v) is 7.15. The van der Waals surface area contributed by atoms with Crippen LogP contribution in [0.3, 0.4) is 0 Å². The van der Waals surface area contributed by atoms with Crippen molar-refractivity contribution in [2.45, 2.75) is 44.4 Å². The highest BCUT2D eigenvalue weighted by Gasteiger charge is 2.30. The van der Waals surface area contributed by atoms with Gasteiger partial charge < -0.3 is 25.3 Å². The summed E-state index contributed by atoms with van der Waals surface area (Å²) in [5, 5.41) is 10.8. The standard InChI is InChI=1S/C32H36FN5O3S2/c1-20(2)16-27(37-32(40)41-14-15-42-43-28-6-4-5-12-35-28)38-26-18-23(33)17-25-29(26)24(11-13-36-31(25)39)30(38)22-9-7-21(8-10-22)19-34-3/h4-10,12,17-18,20,27,34H,11,13-16,19H2,1-3H3,(H,36,39)(H,37,40). The van der Waals surface area contributed by atoms with Crippen LogP contribution in [0.4, 0.5) is 9.18 Å². The van der Waals surface area contributed by atoms with Gasteiger partial charge in [-0.05, 0) is 77.6 Å². The summed E-state index contributed by atoms with van der Waals surface area (Å²) in [5.41, 5.74) is 4.76. The molecule has 2 aromatic heterocycles. The lowest BCUT2D eigenvalue weighted by atomic mass is 9.99. The average molecular weight is 622 g/mol. The van der Waals surface area contributed by atoms with Crippen molar-refractivity contribution in [1.82, 2.24) is 25.5 Å². The predicted octanol–water partition coefficient (Wildman–Crippen LogP) is 6.56. The summed E-state index contributed by atoms with van der Waals surface area (Å²) < 4.78 is 22.7. The van der Waals surface area contributed by atoms with Crippen LogP contribution in [0.5, 0.6) is 0 Å². The van der Waals surface area contributed by atoms with E-state index in [4.69, 9.17) is 4.74 Å². The Morgan fingerprint density at radius 3 is 2.72 bits per heavy atom. The van der Waals surface area contributed by atoms with Gasteiger partial charge in [-0.15, -0.1) is 0 Å². The van der Waals surface area contributed by atoms with Crippen LogP contribution >= 0.6 is 21.6 Å². The van der Waals surface area contributed by atoms with Gasteiger partial charge in [0.05, 0.1) is 16.8 Å². The molecule has 2 aromatic carbocycles. The number of ether oxygens (including phenoxy) is 1. The van der Waals surface area contributed by atoms with Gasteiger partial charge in [-0.2, -0.15) is 0 Å². The van der Waals surface area contributed by atoms with Crippen molar-refractivity contribution < 1.29 is 18.7 Å². The number of nitrogens with zero attached hydrogens (tertiary/aromatic N) is 2. The van der Waals surface area contributed by atoms with Gasteiger partial charge in [0.15, 0.2) is 0 Å². The van der Waals surface area contributed by atoms with E-state index < -0.39 is 18.1 Å². The molecule has 8 nitrogen and oxygen atoms in total. The molecule has 1 aliphatic heterocycles. The quantitative estimate of drug-likeness (QED) is 0.122. The van der Waals surface area contributed by atoms with Crippen molar-refractivity contribution in [3.63, 3.8) is 0 Å². The molecule has 0 bridgehead atoms. The second kappa shape index (κ2) is 14.3. The maximum Gasteiger partial charge on any atom is 0.408 e. The molecule has 0 fully saturated rings. The second-order valence-corrected chi connectivity index (χ2v) is 13.2. The number of halogens is 1. The minimum absolute atomic E-state index is 0.201. The third-order valence-electron chi connectivity index (χ3n) is 7.16. The van der Waals surface area contributed by atoms with Gasteiger partial charge in [0.1, 0.15) is 23.6 Å². The number of alkyl carbamates (subject to hydrolysis) is 1. The Bertz CT molecular complexity index is 1580. The molecule has 1 atom stereocenters. The van der Waals surface area contributed by atoms with Gasteiger partial charge in [0.25, 0.3) is 5.91 Å². The van der Waals surface area contributed by atoms with E-state index in [-0.39, 0.29) is 18.4 Å². The van der Waals surface area contributed by atoms with Crippen LogP contribution in [-0.4, -0.2) is 47.5 Å². The van der Waals surface area contributed by atoms with Gasteiger partial charge >= 0.3 is 6.09 Å². The van der Waals surface area contributed by atoms with Gasteiger partial charge in [-0.1, -0.05) is 55.0 Å². The number of carbonyl (C=O) groups is 2. The molecule has 0 saturated carbocycles. The summed E-state index contributed by atoms with van der Waals surface area (Å²) in [6.45, 7) is 5.53. The monoisotopic (exact) mass is 621 g/mol. The number of amides is 2. The molecule has 0 radical (unpaired) electrons. The second-order valence-electron chi connectivity index (χ2n) is 10.8. The van der Waals surface area contributed by atoms with Gasteiger partial charge in [0, 0.05) is 30.4 Å². The average Bonchev–Trinajstić information content (AvgIpc) is 3.21. The number of pyridine rings is 1. The molecule has 1 aliphatic rings. The highest BCUT2D eigenvalue weighted by Crippen LogP contribution is 2.40. The molecule has 0 spiro atoms. The van der Waals surface area contributed by atoms with Crippen molar-refractivity contribution in [3.8, 4) is 11.3 Å². The summed E-state index contributed by atoms with van der Waals surface area (Å²) in [5.74, 6) is -0.0144. The summed E-state index contributed by atoms with van der Waals surface area (Å²) in [7, 11) is 4.99. The molecule has 3 heterocycles. The molecule has 5 rings (SSSR count). The van der Waals surface area contributed by atoms with E-state index in [1.165, 1.54) is 22.9 Å². The van der Waals surface area contributed by atoms with E-state index in [1.54, 1.807) is 17.0 Å². The molecule has 11 heteroatoms. The van der Waals surface area contributed by atoms with Crippen molar-refractivity contribution >= 4 is 44.5 Å². The molecule has 1 unspecified atom stereocenters. The van der Waals surface area contributed by atoms with Crippen LogP contribution in [-0.2, 0) is 17.7 Å². The number of aromatic nitrogens is 2. The van der Waals surface area contributed by atoms with Crippen molar-refractivity contribution in [2.24, 2.45) is 5.92 Å². The highest BCUT2D eigenvalue weighted by atomic mass is 33.1. The number of carbonyl (C=O) groups excluding carboxylic acids is 2. The first-order valence-corrected chi connectivity index (χ1v) is 16.7. The number of hydrogen-bond acceptors (Lipinski definition) is 7. The molecule has 0 aliphatic carbocycles. The Labute approximate surface area is 259 Å². The molecule has 4 aromatic rings. The summed E-state index contributed by atoms with van der Waals surface area (Å²) >= 11 is 0. The lowest BCUT2D eigenvalue weighted by Gasteiger charge is -2.26. The Morgan fingerprint density at radius 2 is 2.00 bits per heavy atom. The molecular weight excluding hydrogens is 586 g/mol. The fraction of sp³-hybridized carbons (Fsp3) is 0.344. The maximum atomic E-state index is 15.1. The SMILES string of the molecule is CNCc1ccc(-c2c3c4c(cc(F)cc4n2C(CC(C)C)NC(=O)OCCSSc2ccccn2)C(=O)NCC3)cc1. The molecule has 3 N–H and O–H groups in total. The molecular formula is C32H36FN5O3S2. The zero-order valence-electron chi connectivity index (χ0n) is 24.5. The third kappa shape index (κ3) is 7.34. The summed E-state index contributed by atoms with van der Waals surface area (Å²) in [6, 6.07) is 16.7. The largest absolute Gasteiger partial charge is 0.449 e. The number of nitrogens with one attached hydrogen (secondary N) is 3. The predicted molar refractivity (Wildman–Crippen MR) is 172 cm³/mol. The zero-order valence-corrected chi connectivity index (χ0v) is 26.1.